The Balaban J connectivity index is 3.04. The van der Waals surface area contributed by atoms with Crippen LogP contribution >= 0.6 is 0 Å². The van der Waals surface area contributed by atoms with Gasteiger partial charge in [-0.3, -0.25) is 0 Å². The van der Waals surface area contributed by atoms with E-state index in [-0.39, 0.29) is 6.29 Å². The molecule has 0 amide bonds. The Labute approximate surface area is 87.7 Å². The van der Waals surface area contributed by atoms with E-state index in [1.54, 1.807) is 14.2 Å². The molecule has 0 bridgehead atoms. The van der Waals surface area contributed by atoms with Crippen LogP contribution in [-0.2, 0) is 14.2 Å². The van der Waals surface area contributed by atoms with Crippen LogP contribution in [0.2, 0.25) is 0 Å². The molecule has 0 unspecified atom stereocenters. The third-order valence-electron chi connectivity index (χ3n) is 2.17. The van der Waals surface area contributed by atoms with Gasteiger partial charge in [0.2, 0.25) is 0 Å². The first-order valence-corrected chi connectivity index (χ1v) is 5.48. The average molecular weight is 204 g/mol. The molecule has 0 aromatic carbocycles. The van der Waals surface area contributed by atoms with E-state index in [1.165, 1.54) is 25.7 Å². The van der Waals surface area contributed by atoms with Crippen molar-refractivity contribution in [3.63, 3.8) is 0 Å². The second-order valence-corrected chi connectivity index (χ2v) is 3.39. The fraction of sp³-hybridized carbons (Fsp3) is 1.00. The summed E-state index contributed by atoms with van der Waals surface area (Å²) in [6.07, 6.45) is 6.12. The Morgan fingerprint density at radius 2 is 1.57 bits per heavy atom. The number of methoxy groups -OCH3 is 2. The Hall–Kier alpha value is -0.120. The van der Waals surface area contributed by atoms with E-state index in [1.807, 2.05) is 0 Å². The van der Waals surface area contributed by atoms with Gasteiger partial charge in [0.05, 0.1) is 6.61 Å². The summed E-state index contributed by atoms with van der Waals surface area (Å²) in [5.74, 6) is 0. The van der Waals surface area contributed by atoms with E-state index in [0.717, 1.165) is 13.0 Å². The molecule has 0 fully saturated rings. The highest BCUT2D eigenvalue weighted by molar-refractivity contribution is 4.43. The molecule has 0 aromatic rings. The van der Waals surface area contributed by atoms with Gasteiger partial charge in [-0.25, -0.2) is 0 Å². The zero-order valence-corrected chi connectivity index (χ0v) is 9.75. The molecule has 0 saturated heterocycles. The second-order valence-electron chi connectivity index (χ2n) is 3.39. The average Bonchev–Trinajstić information content (AvgIpc) is 2.22. The zero-order chi connectivity index (χ0) is 10.6. The standard InChI is InChI=1S/C11H24O3/c1-4-5-6-7-8-9-14-10-11(12-2)13-3/h11H,4-10H2,1-3H3. The van der Waals surface area contributed by atoms with Crippen LogP contribution in [0.15, 0.2) is 0 Å². The molecule has 0 radical (unpaired) electrons. The van der Waals surface area contributed by atoms with E-state index in [2.05, 4.69) is 6.92 Å². The summed E-state index contributed by atoms with van der Waals surface area (Å²) in [6.45, 7) is 3.56. The van der Waals surface area contributed by atoms with Crippen LogP contribution in [-0.4, -0.2) is 33.7 Å². The number of hydrogen-bond acceptors (Lipinski definition) is 3. The number of hydrogen-bond donors (Lipinski definition) is 0. The molecule has 0 aromatic heterocycles. The van der Waals surface area contributed by atoms with Gasteiger partial charge in [-0.1, -0.05) is 32.6 Å². The predicted molar refractivity (Wildman–Crippen MR) is 57.4 cm³/mol. The van der Waals surface area contributed by atoms with Crippen molar-refractivity contribution in [2.24, 2.45) is 0 Å². The Bertz CT molecular complexity index is 103. The van der Waals surface area contributed by atoms with Crippen molar-refractivity contribution in [2.75, 3.05) is 27.4 Å². The van der Waals surface area contributed by atoms with Crippen molar-refractivity contribution >= 4 is 0 Å². The molecule has 0 atom stereocenters. The lowest BCUT2D eigenvalue weighted by atomic mass is 10.2. The van der Waals surface area contributed by atoms with E-state index in [0.29, 0.717) is 6.61 Å². The van der Waals surface area contributed by atoms with Gasteiger partial charge in [-0.15, -0.1) is 0 Å². The lowest BCUT2D eigenvalue weighted by Crippen LogP contribution is -2.20. The fourth-order valence-corrected chi connectivity index (χ4v) is 1.22. The third-order valence-corrected chi connectivity index (χ3v) is 2.17. The fourth-order valence-electron chi connectivity index (χ4n) is 1.22. The number of ether oxygens (including phenoxy) is 3. The minimum atomic E-state index is -0.217. The first-order valence-electron chi connectivity index (χ1n) is 5.48. The minimum Gasteiger partial charge on any atom is -0.376 e. The predicted octanol–water partition coefficient (Wildman–Crippen LogP) is 2.59. The largest absolute Gasteiger partial charge is 0.376 e. The van der Waals surface area contributed by atoms with E-state index >= 15 is 0 Å². The van der Waals surface area contributed by atoms with E-state index in [4.69, 9.17) is 14.2 Å². The minimum absolute atomic E-state index is 0.217. The highest BCUT2D eigenvalue weighted by Crippen LogP contribution is 2.02. The summed E-state index contributed by atoms with van der Waals surface area (Å²) in [6, 6.07) is 0. The van der Waals surface area contributed by atoms with Crippen molar-refractivity contribution in [2.45, 2.75) is 45.3 Å². The Morgan fingerprint density at radius 1 is 0.929 bits per heavy atom. The van der Waals surface area contributed by atoms with Crippen molar-refractivity contribution in [1.29, 1.82) is 0 Å². The summed E-state index contributed by atoms with van der Waals surface area (Å²) >= 11 is 0. The van der Waals surface area contributed by atoms with Gasteiger partial charge in [-0.05, 0) is 6.42 Å². The van der Waals surface area contributed by atoms with Crippen molar-refractivity contribution < 1.29 is 14.2 Å². The summed E-state index contributed by atoms with van der Waals surface area (Å²) in [5, 5.41) is 0. The first-order chi connectivity index (χ1) is 6.85. The molecule has 0 aliphatic carbocycles. The van der Waals surface area contributed by atoms with Gasteiger partial charge in [0.15, 0.2) is 6.29 Å². The van der Waals surface area contributed by atoms with Crippen LogP contribution < -0.4 is 0 Å². The summed E-state index contributed by atoms with van der Waals surface area (Å²) < 4.78 is 15.4. The molecule has 0 heterocycles. The smallest absolute Gasteiger partial charge is 0.180 e. The SMILES string of the molecule is CCCCCCCOCC(OC)OC. The first kappa shape index (κ1) is 13.9. The van der Waals surface area contributed by atoms with E-state index in [9.17, 15) is 0 Å². The van der Waals surface area contributed by atoms with Gasteiger partial charge in [0.1, 0.15) is 0 Å². The molecular formula is C11H24O3. The zero-order valence-electron chi connectivity index (χ0n) is 9.75. The highest BCUT2D eigenvalue weighted by Gasteiger charge is 2.03. The molecular weight excluding hydrogens is 180 g/mol. The maximum atomic E-state index is 5.41. The molecule has 14 heavy (non-hydrogen) atoms. The lowest BCUT2D eigenvalue weighted by Gasteiger charge is -2.13. The van der Waals surface area contributed by atoms with Crippen LogP contribution in [0, 0.1) is 0 Å². The maximum absolute atomic E-state index is 5.41. The van der Waals surface area contributed by atoms with E-state index < -0.39 is 0 Å². The maximum Gasteiger partial charge on any atom is 0.180 e. The van der Waals surface area contributed by atoms with Crippen molar-refractivity contribution in [3.8, 4) is 0 Å². The van der Waals surface area contributed by atoms with Gasteiger partial charge < -0.3 is 14.2 Å². The molecule has 0 spiro atoms. The van der Waals surface area contributed by atoms with Crippen LogP contribution in [0.1, 0.15) is 39.0 Å². The Kier molecular flexibility index (Phi) is 10.9. The monoisotopic (exact) mass is 204 g/mol. The number of unbranched alkanes of at least 4 members (excludes halogenated alkanes) is 4. The summed E-state index contributed by atoms with van der Waals surface area (Å²) in [4.78, 5) is 0. The number of rotatable bonds is 10. The molecule has 0 rings (SSSR count). The van der Waals surface area contributed by atoms with Gasteiger partial charge in [0.25, 0.3) is 0 Å². The third kappa shape index (κ3) is 8.48. The van der Waals surface area contributed by atoms with Gasteiger partial charge in [0, 0.05) is 20.8 Å². The lowest BCUT2D eigenvalue weighted by molar-refractivity contribution is -0.140. The van der Waals surface area contributed by atoms with Crippen LogP contribution in [0.5, 0.6) is 0 Å². The van der Waals surface area contributed by atoms with Crippen molar-refractivity contribution in [3.05, 3.63) is 0 Å². The second kappa shape index (κ2) is 11.0. The van der Waals surface area contributed by atoms with Gasteiger partial charge >= 0.3 is 0 Å². The van der Waals surface area contributed by atoms with Crippen LogP contribution in [0.3, 0.4) is 0 Å². The van der Waals surface area contributed by atoms with Crippen LogP contribution in [0.25, 0.3) is 0 Å². The van der Waals surface area contributed by atoms with Crippen molar-refractivity contribution in [1.82, 2.24) is 0 Å². The molecule has 3 heteroatoms. The van der Waals surface area contributed by atoms with Gasteiger partial charge in [-0.2, -0.15) is 0 Å². The molecule has 0 aliphatic heterocycles. The topological polar surface area (TPSA) is 27.7 Å². The Morgan fingerprint density at radius 3 is 2.14 bits per heavy atom. The van der Waals surface area contributed by atoms with Crippen LogP contribution in [0.4, 0.5) is 0 Å². The molecule has 0 saturated carbocycles. The molecule has 86 valence electrons. The summed E-state index contributed by atoms with van der Waals surface area (Å²) in [7, 11) is 3.25. The summed E-state index contributed by atoms with van der Waals surface area (Å²) in [5.41, 5.74) is 0. The molecule has 0 aliphatic rings. The molecule has 0 N–H and O–H groups in total. The molecule has 3 nitrogen and oxygen atoms in total. The normalized spacial score (nSPS) is 11.1. The quantitative estimate of drug-likeness (QED) is 0.404. The highest BCUT2D eigenvalue weighted by atomic mass is 16.7.